The highest BCUT2D eigenvalue weighted by molar-refractivity contribution is 8.76. The predicted molar refractivity (Wildman–Crippen MR) is 67.6 cm³/mol. The van der Waals surface area contributed by atoms with Crippen LogP contribution in [-0.4, -0.2) is 19.1 Å². The third-order valence-corrected chi connectivity index (χ3v) is 4.38. The van der Waals surface area contributed by atoms with Crippen LogP contribution >= 0.6 is 21.6 Å². The van der Waals surface area contributed by atoms with Crippen LogP contribution in [0.3, 0.4) is 0 Å². The molecule has 2 rings (SSSR count). The second kappa shape index (κ2) is 4.55. The van der Waals surface area contributed by atoms with Gasteiger partial charge in [0.05, 0.1) is 11.4 Å². The lowest BCUT2D eigenvalue weighted by atomic mass is 10.6. The Hall–Kier alpha value is -0.880. The Labute approximate surface area is 103 Å². The van der Waals surface area contributed by atoms with Crippen molar-refractivity contribution in [1.82, 2.24) is 19.1 Å². The van der Waals surface area contributed by atoms with E-state index < -0.39 is 0 Å². The van der Waals surface area contributed by atoms with Gasteiger partial charge in [-0.1, -0.05) is 0 Å². The monoisotopic (exact) mass is 254 g/mol. The van der Waals surface area contributed by atoms with Gasteiger partial charge in [-0.25, -0.2) is 9.97 Å². The number of aryl methyl sites for hydroxylation is 4. The van der Waals surface area contributed by atoms with Crippen molar-refractivity contribution in [2.24, 2.45) is 14.1 Å². The van der Waals surface area contributed by atoms with Gasteiger partial charge < -0.3 is 9.13 Å². The molecular weight excluding hydrogens is 240 g/mol. The molecule has 0 saturated carbocycles. The number of aromatic nitrogens is 4. The van der Waals surface area contributed by atoms with Gasteiger partial charge in [-0.2, -0.15) is 0 Å². The Morgan fingerprint density at radius 2 is 1.25 bits per heavy atom. The zero-order valence-electron chi connectivity index (χ0n) is 9.76. The number of hydrogen-bond acceptors (Lipinski definition) is 4. The largest absolute Gasteiger partial charge is 0.328 e. The molecule has 0 radical (unpaired) electrons. The van der Waals surface area contributed by atoms with Crippen molar-refractivity contribution in [3.05, 3.63) is 23.8 Å². The lowest BCUT2D eigenvalue weighted by Gasteiger charge is -2.00. The van der Waals surface area contributed by atoms with Crippen molar-refractivity contribution >= 4 is 21.6 Å². The fourth-order valence-corrected chi connectivity index (χ4v) is 3.65. The molecule has 0 saturated heterocycles. The standard InChI is InChI=1S/C10H14N4S2/c1-7-5-13(3)9(11-7)15-16-10-12-8(2)6-14(10)4/h5-6H,1-4H3. The molecular formula is C10H14N4S2. The highest BCUT2D eigenvalue weighted by Crippen LogP contribution is 2.35. The van der Waals surface area contributed by atoms with Crippen molar-refractivity contribution < 1.29 is 0 Å². The first-order valence-electron chi connectivity index (χ1n) is 4.90. The van der Waals surface area contributed by atoms with Gasteiger partial charge in [-0.3, -0.25) is 0 Å². The smallest absolute Gasteiger partial charge is 0.179 e. The summed E-state index contributed by atoms with van der Waals surface area (Å²) in [6.07, 6.45) is 4.04. The van der Waals surface area contributed by atoms with Crippen LogP contribution in [0.5, 0.6) is 0 Å². The van der Waals surface area contributed by atoms with E-state index in [-0.39, 0.29) is 0 Å². The fourth-order valence-electron chi connectivity index (χ4n) is 1.42. The van der Waals surface area contributed by atoms with E-state index in [9.17, 15) is 0 Å². The predicted octanol–water partition coefficient (Wildman–Crippen LogP) is 2.57. The topological polar surface area (TPSA) is 35.6 Å². The number of nitrogens with zero attached hydrogens (tertiary/aromatic N) is 4. The van der Waals surface area contributed by atoms with Crippen molar-refractivity contribution in [2.75, 3.05) is 0 Å². The first kappa shape index (κ1) is 11.6. The van der Waals surface area contributed by atoms with E-state index >= 15 is 0 Å². The second-order valence-corrected chi connectivity index (χ2v) is 5.78. The minimum absolute atomic E-state index is 1.00. The summed E-state index contributed by atoms with van der Waals surface area (Å²) in [6.45, 7) is 4.00. The Morgan fingerprint density at radius 1 is 0.875 bits per heavy atom. The van der Waals surface area contributed by atoms with E-state index in [2.05, 4.69) is 9.97 Å². The second-order valence-electron chi connectivity index (χ2n) is 3.72. The number of hydrogen-bond donors (Lipinski definition) is 0. The van der Waals surface area contributed by atoms with E-state index in [0.29, 0.717) is 0 Å². The molecule has 0 atom stereocenters. The normalized spacial score (nSPS) is 11.0. The molecule has 0 spiro atoms. The molecule has 0 bridgehead atoms. The third-order valence-electron chi connectivity index (χ3n) is 2.10. The molecule has 2 heterocycles. The van der Waals surface area contributed by atoms with Crippen molar-refractivity contribution in [3.63, 3.8) is 0 Å². The quantitative estimate of drug-likeness (QED) is 0.789. The molecule has 0 N–H and O–H groups in total. The van der Waals surface area contributed by atoms with E-state index in [1.165, 1.54) is 0 Å². The molecule has 16 heavy (non-hydrogen) atoms. The summed E-state index contributed by atoms with van der Waals surface area (Å²) in [4.78, 5) is 8.86. The summed E-state index contributed by atoms with van der Waals surface area (Å²) in [7, 11) is 7.28. The van der Waals surface area contributed by atoms with Crippen LogP contribution in [0, 0.1) is 13.8 Å². The van der Waals surface area contributed by atoms with Crippen molar-refractivity contribution in [2.45, 2.75) is 24.2 Å². The van der Waals surface area contributed by atoms with E-state index in [1.807, 2.05) is 49.5 Å². The maximum atomic E-state index is 4.43. The first-order chi connectivity index (χ1) is 7.56. The van der Waals surface area contributed by atoms with Crippen LogP contribution in [0.1, 0.15) is 11.4 Å². The Balaban J connectivity index is 2.07. The minimum Gasteiger partial charge on any atom is -0.328 e. The molecule has 2 aromatic heterocycles. The fraction of sp³-hybridized carbons (Fsp3) is 0.400. The van der Waals surface area contributed by atoms with Crippen LogP contribution in [0.4, 0.5) is 0 Å². The minimum atomic E-state index is 1.00. The molecule has 0 fully saturated rings. The summed E-state index contributed by atoms with van der Waals surface area (Å²) in [6, 6.07) is 0. The molecule has 6 heteroatoms. The van der Waals surface area contributed by atoms with Gasteiger partial charge in [0.15, 0.2) is 10.3 Å². The van der Waals surface area contributed by atoms with Crippen LogP contribution < -0.4 is 0 Å². The summed E-state index contributed by atoms with van der Waals surface area (Å²) in [5, 5.41) is 2.01. The molecule has 0 aliphatic carbocycles. The summed E-state index contributed by atoms with van der Waals surface area (Å²) >= 11 is 0. The summed E-state index contributed by atoms with van der Waals surface area (Å²) in [5.74, 6) is 0. The maximum absolute atomic E-state index is 4.43. The molecule has 2 aromatic rings. The lowest BCUT2D eigenvalue weighted by Crippen LogP contribution is -1.89. The zero-order valence-corrected chi connectivity index (χ0v) is 11.4. The SMILES string of the molecule is Cc1cn(C)c(SSc2nc(C)cn2C)n1. The summed E-state index contributed by atoms with van der Waals surface area (Å²) in [5.41, 5.74) is 2.09. The number of imidazole rings is 2. The zero-order chi connectivity index (χ0) is 11.7. The van der Waals surface area contributed by atoms with Gasteiger partial charge in [0.25, 0.3) is 0 Å². The number of rotatable bonds is 3. The molecule has 0 amide bonds. The maximum Gasteiger partial charge on any atom is 0.179 e. The van der Waals surface area contributed by atoms with Gasteiger partial charge in [-0.05, 0) is 35.4 Å². The average molecular weight is 254 g/mol. The van der Waals surface area contributed by atoms with Gasteiger partial charge >= 0.3 is 0 Å². The molecule has 86 valence electrons. The van der Waals surface area contributed by atoms with Crippen LogP contribution in [0.2, 0.25) is 0 Å². The molecule has 0 aliphatic rings. The van der Waals surface area contributed by atoms with Gasteiger partial charge in [0, 0.05) is 26.5 Å². The Bertz CT molecular complexity index is 455. The highest BCUT2D eigenvalue weighted by Gasteiger charge is 2.08. The average Bonchev–Trinajstić information content (AvgIpc) is 2.66. The summed E-state index contributed by atoms with van der Waals surface area (Å²) < 4.78 is 4.06. The molecule has 0 aliphatic heterocycles. The molecule has 4 nitrogen and oxygen atoms in total. The van der Waals surface area contributed by atoms with Gasteiger partial charge in [0.2, 0.25) is 0 Å². The lowest BCUT2D eigenvalue weighted by molar-refractivity contribution is 0.788. The van der Waals surface area contributed by atoms with Crippen molar-refractivity contribution in [3.8, 4) is 0 Å². The van der Waals surface area contributed by atoms with E-state index in [4.69, 9.17) is 0 Å². The highest BCUT2D eigenvalue weighted by atomic mass is 33.1. The van der Waals surface area contributed by atoms with Crippen LogP contribution in [-0.2, 0) is 14.1 Å². The third kappa shape index (κ3) is 2.44. The van der Waals surface area contributed by atoms with E-state index in [0.717, 1.165) is 21.7 Å². The Kier molecular flexibility index (Phi) is 3.30. The van der Waals surface area contributed by atoms with Crippen molar-refractivity contribution in [1.29, 1.82) is 0 Å². The van der Waals surface area contributed by atoms with Gasteiger partial charge in [0.1, 0.15) is 0 Å². The van der Waals surface area contributed by atoms with Crippen LogP contribution in [0.25, 0.3) is 0 Å². The Morgan fingerprint density at radius 3 is 1.50 bits per heavy atom. The van der Waals surface area contributed by atoms with E-state index in [1.54, 1.807) is 21.6 Å². The molecule has 0 unspecified atom stereocenters. The van der Waals surface area contributed by atoms with Crippen LogP contribution in [0.15, 0.2) is 22.7 Å². The first-order valence-corrected chi connectivity index (χ1v) is 7.05. The molecule has 0 aromatic carbocycles. The van der Waals surface area contributed by atoms with Gasteiger partial charge in [-0.15, -0.1) is 0 Å².